The highest BCUT2D eigenvalue weighted by atomic mass is 32.2. The highest BCUT2D eigenvalue weighted by Gasteiger charge is 2.13. The van der Waals surface area contributed by atoms with Gasteiger partial charge in [0.25, 0.3) is 0 Å². The smallest absolute Gasteiger partial charge is 0.240 e. The molecule has 5 heteroatoms. The van der Waals surface area contributed by atoms with Gasteiger partial charge in [-0.15, -0.1) is 0 Å². The first kappa shape index (κ1) is 12.6. The summed E-state index contributed by atoms with van der Waals surface area (Å²) in [6, 6.07) is 14.7. The van der Waals surface area contributed by atoms with Gasteiger partial charge in [-0.25, -0.2) is 13.1 Å². The summed E-state index contributed by atoms with van der Waals surface area (Å²) in [6.07, 6.45) is 0. The van der Waals surface area contributed by atoms with Gasteiger partial charge in [0.05, 0.1) is 4.90 Å². The van der Waals surface area contributed by atoms with Gasteiger partial charge in [-0.05, 0) is 18.2 Å². The van der Waals surface area contributed by atoms with Gasteiger partial charge < -0.3 is 5.11 Å². The first-order chi connectivity index (χ1) is 8.59. The second-order valence-electron chi connectivity index (χ2n) is 3.77. The number of hydrogen-bond acceptors (Lipinski definition) is 3. The Morgan fingerprint density at radius 2 is 1.56 bits per heavy atom. The molecular formula is C13H13NO3S. The number of nitrogens with one attached hydrogen (secondary N) is 1. The predicted molar refractivity (Wildman–Crippen MR) is 68.6 cm³/mol. The van der Waals surface area contributed by atoms with Gasteiger partial charge in [0, 0.05) is 12.1 Å². The van der Waals surface area contributed by atoms with Gasteiger partial charge in [0.15, 0.2) is 0 Å². The summed E-state index contributed by atoms with van der Waals surface area (Å²) < 4.78 is 26.3. The molecule has 0 fully saturated rings. The van der Waals surface area contributed by atoms with Crippen molar-refractivity contribution >= 4 is 10.0 Å². The number of hydrogen-bond donors (Lipinski definition) is 2. The molecule has 0 saturated heterocycles. The third-order valence-corrected chi connectivity index (χ3v) is 3.91. The Labute approximate surface area is 106 Å². The largest absolute Gasteiger partial charge is 0.508 e. The van der Waals surface area contributed by atoms with Gasteiger partial charge in [0.1, 0.15) is 5.75 Å². The highest BCUT2D eigenvalue weighted by Crippen LogP contribution is 2.16. The Morgan fingerprint density at radius 3 is 2.22 bits per heavy atom. The van der Waals surface area contributed by atoms with E-state index in [1.165, 1.54) is 18.2 Å². The fraction of sp³-hybridized carbons (Fsp3) is 0.0769. The summed E-state index contributed by atoms with van der Waals surface area (Å²) in [7, 11) is -3.54. The Balaban J connectivity index is 2.14. The van der Waals surface area contributed by atoms with Crippen LogP contribution >= 0.6 is 0 Å². The van der Waals surface area contributed by atoms with E-state index < -0.39 is 10.0 Å². The second kappa shape index (κ2) is 5.20. The zero-order valence-corrected chi connectivity index (χ0v) is 10.4. The molecule has 0 spiro atoms. The minimum Gasteiger partial charge on any atom is -0.508 e. The molecule has 94 valence electrons. The molecule has 0 saturated carbocycles. The number of aromatic hydroxyl groups is 1. The molecule has 0 atom stereocenters. The van der Waals surface area contributed by atoms with Crippen molar-refractivity contribution in [3.63, 3.8) is 0 Å². The van der Waals surface area contributed by atoms with Crippen LogP contribution in [0.4, 0.5) is 0 Å². The van der Waals surface area contributed by atoms with Crippen molar-refractivity contribution in [2.45, 2.75) is 11.4 Å². The molecule has 0 aromatic heterocycles. The van der Waals surface area contributed by atoms with Crippen molar-refractivity contribution in [2.24, 2.45) is 0 Å². The lowest BCUT2D eigenvalue weighted by atomic mass is 10.2. The summed E-state index contributed by atoms with van der Waals surface area (Å²) >= 11 is 0. The number of phenolic OH excluding ortho intramolecular Hbond substituents is 1. The molecule has 0 bridgehead atoms. The van der Waals surface area contributed by atoms with E-state index in [4.69, 9.17) is 0 Å². The molecule has 2 aromatic rings. The van der Waals surface area contributed by atoms with E-state index in [1.807, 2.05) is 0 Å². The molecule has 0 unspecified atom stereocenters. The van der Waals surface area contributed by atoms with Crippen molar-refractivity contribution < 1.29 is 13.5 Å². The summed E-state index contributed by atoms with van der Waals surface area (Å²) in [5, 5.41) is 9.54. The van der Waals surface area contributed by atoms with E-state index in [9.17, 15) is 13.5 Å². The number of rotatable bonds is 4. The normalized spacial score (nSPS) is 11.3. The van der Waals surface area contributed by atoms with Crippen LogP contribution in [-0.2, 0) is 16.6 Å². The number of para-hydroxylation sites is 1. The van der Waals surface area contributed by atoms with Gasteiger partial charge in [-0.2, -0.15) is 0 Å². The lowest BCUT2D eigenvalue weighted by Gasteiger charge is -2.07. The van der Waals surface area contributed by atoms with Crippen molar-refractivity contribution in [3.8, 4) is 5.75 Å². The third-order valence-electron chi connectivity index (χ3n) is 2.50. The summed E-state index contributed by atoms with van der Waals surface area (Å²) in [4.78, 5) is 0.209. The van der Waals surface area contributed by atoms with Crippen LogP contribution in [0.1, 0.15) is 5.56 Å². The van der Waals surface area contributed by atoms with Crippen LogP contribution in [-0.4, -0.2) is 13.5 Å². The van der Waals surface area contributed by atoms with Crippen molar-refractivity contribution in [3.05, 3.63) is 60.2 Å². The number of benzene rings is 2. The molecule has 0 amide bonds. The molecule has 18 heavy (non-hydrogen) atoms. The van der Waals surface area contributed by atoms with E-state index in [-0.39, 0.29) is 17.2 Å². The van der Waals surface area contributed by atoms with Crippen molar-refractivity contribution in [1.82, 2.24) is 4.72 Å². The van der Waals surface area contributed by atoms with Gasteiger partial charge >= 0.3 is 0 Å². The standard InChI is InChI=1S/C13H13NO3S/c15-13-9-5-4-6-11(13)10-14-18(16,17)12-7-2-1-3-8-12/h1-9,14-15H,10H2. The summed E-state index contributed by atoms with van der Waals surface area (Å²) in [5.41, 5.74) is 0.539. The van der Waals surface area contributed by atoms with Crippen LogP contribution < -0.4 is 4.72 Å². The Morgan fingerprint density at radius 1 is 0.944 bits per heavy atom. The maximum atomic E-state index is 11.9. The van der Waals surface area contributed by atoms with Crippen molar-refractivity contribution in [1.29, 1.82) is 0 Å². The fourth-order valence-corrected chi connectivity index (χ4v) is 2.54. The minimum atomic E-state index is -3.54. The molecule has 0 aliphatic rings. The molecule has 0 radical (unpaired) electrons. The number of phenols is 1. The van der Waals surface area contributed by atoms with Crippen LogP contribution in [0.2, 0.25) is 0 Å². The van der Waals surface area contributed by atoms with E-state index in [2.05, 4.69) is 4.72 Å². The van der Waals surface area contributed by atoms with Crippen LogP contribution in [0, 0.1) is 0 Å². The Kier molecular flexibility index (Phi) is 3.64. The first-order valence-corrected chi connectivity index (χ1v) is 6.89. The van der Waals surface area contributed by atoms with Gasteiger partial charge in [-0.3, -0.25) is 0 Å². The van der Waals surface area contributed by atoms with Crippen LogP contribution in [0.5, 0.6) is 5.75 Å². The molecule has 0 heterocycles. The summed E-state index contributed by atoms with van der Waals surface area (Å²) in [5.74, 6) is 0.0771. The SMILES string of the molecule is O=S(=O)(NCc1ccccc1O)c1ccccc1. The Hall–Kier alpha value is -1.85. The second-order valence-corrected chi connectivity index (χ2v) is 5.53. The topological polar surface area (TPSA) is 66.4 Å². The fourth-order valence-electron chi connectivity index (χ4n) is 1.52. The molecule has 2 rings (SSSR count). The first-order valence-electron chi connectivity index (χ1n) is 5.41. The van der Waals surface area contributed by atoms with Gasteiger partial charge in [0.2, 0.25) is 10.0 Å². The average molecular weight is 263 g/mol. The zero-order valence-electron chi connectivity index (χ0n) is 9.58. The quantitative estimate of drug-likeness (QED) is 0.885. The van der Waals surface area contributed by atoms with Crippen LogP contribution in [0.3, 0.4) is 0 Å². The van der Waals surface area contributed by atoms with E-state index in [1.54, 1.807) is 36.4 Å². The maximum absolute atomic E-state index is 11.9. The van der Waals surface area contributed by atoms with E-state index in [0.717, 1.165) is 0 Å². The average Bonchev–Trinajstić information content (AvgIpc) is 2.39. The van der Waals surface area contributed by atoms with E-state index in [0.29, 0.717) is 5.56 Å². The molecular weight excluding hydrogens is 250 g/mol. The Bertz CT molecular complexity index is 624. The zero-order chi connectivity index (χ0) is 13.0. The third kappa shape index (κ3) is 2.88. The predicted octanol–water partition coefficient (Wildman–Crippen LogP) is 1.87. The highest BCUT2D eigenvalue weighted by molar-refractivity contribution is 7.89. The lowest BCUT2D eigenvalue weighted by molar-refractivity contribution is 0.467. The van der Waals surface area contributed by atoms with Crippen LogP contribution in [0.15, 0.2) is 59.5 Å². The molecule has 4 nitrogen and oxygen atoms in total. The van der Waals surface area contributed by atoms with Crippen molar-refractivity contribution in [2.75, 3.05) is 0 Å². The van der Waals surface area contributed by atoms with Gasteiger partial charge in [-0.1, -0.05) is 36.4 Å². The molecule has 2 N–H and O–H groups in total. The monoisotopic (exact) mass is 263 g/mol. The number of sulfonamides is 1. The molecule has 0 aliphatic heterocycles. The summed E-state index contributed by atoms with van der Waals surface area (Å²) in [6.45, 7) is 0.0594. The minimum absolute atomic E-state index is 0.0594. The van der Waals surface area contributed by atoms with Crippen LogP contribution in [0.25, 0.3) is 0 Å². The van der Waals surface area contributed by atoms with E-state index >= 15 is 0 Å². The maximum Gasteiger partial charge on any atom is 0.240 e. The lowest BCUT2D eigenvalue weighted by Crippen LogP contribution is -2.23. The molecule has 2 aromatic carbocycles. The molecule has 0 aliphatic carbocycles.